The summed E-state index contributed by atoms with van der Waals surface area (Å²) in [6.07, 6.45) is 3.17. The highest BCUT2D eigenvalue weighted by atomic mass is 16.6. The average Bonchev–Trinajstić information content (AvgIpc) is 3.32. The molecule has 3 heterocycles. The van der Waals surface area contributed by atoms with Crippen molar-refractivity contribution in [3.63, 3.8) is 0 Å². The molecule has 37 heavy (non-hydrogen) atoms. The topological polar surface area (TPSA) is 137 Å². The Morgan fingerprint density at radius 1 is 1.16 bits per heavy atom. The van der Waals surface area contributed by atoms with E-state index in [-0.39, 0.29) is 11.6 Å². The van der Waals surface area contributed by atoms with Crippen molar-refractivity contribution in [1.82, 2.24) is 19.7 Å². The normalized spacial score (nSPS) is 14.5. The molecule has 2 aromatic carbocycles. The lowest BCUT2D eigenvalue weighted by molar-refractivity contribution is -0.384. The molecule has 1 atom stereocenters. The number of pyridine rings is 1. The van der Waals surface area contributed by atoms with Gasteiger partial charge < -0.3 is 15.4 Å². The molecule has 1 aliphatic heterocycles. The van der Waals surface area contributed by atoms with Crippen molar-refractivity contribution in [1.29, 1.82) is 0 Å². The number of non-ortho nitro benzene ring substituents is 1. The van der Waals surface area contributed by atoms with Crippen LogP contribution in [0.3, 0.4) is 0 Å². The molecule has 0 saturated carbocycles. The van der Waals surface area contributed by atoms with Crippen LogP contribution >= 0.6 is 0 Å². The molecule has 2 aromatic heterocycles. The number of anilines is 2. The van der Waals surface area contributed by atoms with Crippen LogP contribution in [0.1, 0.15) is 25.5 Å². The molecule has 5 rings (SSSR count). The number of nitrogens with zero attached hydrogens (tertiary/aromatic N) is 5. The van der Waals surface area contributed by atoms with Gasteiger partial charge >= 0.3 is 0 Å². The molecule has 0 bridgehead atoms. The number of hydrogen-bond acceptors (Lipinski definition) is 8. The second kappa shape index (κ2) is 9.90. The Morgan fingerprint density at radius 2 is 1.92 bits per heavy atom. The molecule has 0 fully saturated rings. The van der Waals surface area contributed by atoms with Crippen molar-refractivity contribution >= 4 is 23.2 Å². The molecule has 1 unspecified atom stereocenters. The highest BCUT2D eigenvalue weighted by Gasteiger charge is 2.34. The summed E-state index contributed by atoms with van der Waals surface area (Å²) in [4.78, 5) is 33.0. The van der Waals surface area contributed by atoms with Crippen molar-refractivity contribution in [3.05, 3.63) is 100 Å². The van der Waals surface area contributed by atoms with Gasteiger partial charge in [-0.25, -0.2) is 4.68 Å². The summed E-state index contributed by atoms with van der Waals surface area (Å²) in [5.41, 5.74) is 2.89. The van der Waals surface area contributed by atoms with Gasteiger partial charge in [0, 0.05) is 29.6 Å². The number of benzene rings is 2. The predicted octanol–water partition coefficient (Wildman–Crippen LogP) is 4.57. The number of nitrogens with one attached hydrogen (secondary N) is 2. The molecule has 11 nitrogen and oxygen atoms in total. The number of carbonyl (C=O) groups is 1. The minimum absolute atomic E-state index is 0.0476. The smallest absolute Gasteiger partial charge is 0.269 e. The Kier molecular flexibility index (Phi) is 6.33. The first-order valence-electron chi connectivity index (χ1n) is 11.6. The number of hydrogen-bond donors (Lipinski definition) is 2. The van der Waals surface area contributed by atoms with Gasteiger partial charge in [-0.3, -0.25) is 19.9 Å². The lowest BCUT2D eigenvalue weighted by Crippen LogP contribution is -2.31. The van der Waals surface area contributed by atoms with Gasteiger partial charge in [0.1, 0.15) is 11.8 Å². The maximum absolute atomic E-state index is 13.5. The number of fused-ring (bicyclic) bond motifs is 1. The zero-order valence-electron chi connectivity index (χ0n) is 20.1. The summed E-state index contributed by atoms with van der Waals surface area (Å²) in [5, 5.41) is 22.0. The molecule has 11 heteroatoms. The molecule has 4 aromatic rings. The number of ether oxygens (including phenoxy) is 1. The molecule has 0 saturated heterocycles. The van der Waals surface area contributed by atoms with Gasteiger partial charge in [-0.2, -0.15) is 4.98 Å². The maximum atomic E-state index is 13.5. The number of nitro benzene ring substituents is 1. The number of amides is 1. The van der Waals surface area contributed by atoms with Gasteiger partial charge in [-0.05, 0) is 67.9 Å². The van der Waals surface area contributed by atoms with Gasteiger partial charge in [0.25, 0.3) is 11.6 Å². The fraction of sp³-hybridized carbons (Fsp3) is 0.154. The first-order valence-corrected chi connectivity index (χ1v) is 11.6. The Labute approximate surface area is 212 Å². The Bertz CT molecular complexity index is 1480. The second-order valence-electron chi connectivity index (χ2n) is 8.27. The van der Waals surface area contributed by atoms with Crippen LogP contribution in [-0.4, -0.2) is 37.2 Å². The number of nitro groups is 1. The molecule has 0 aliphatic carbocycles. The van der Waals surface area contributed by atoms with Gasteiger partial charge in [-0.1, -0.05) is 0 Å². The third kappa shape index (κ3) is 4.74. The predicted molar refractivity (Wildman–Crippen MR) is 137 cm³/mol. The van der Waals surface area contributed by atoms with Crippen LogP contribution in [-0.2, 0) is 4.79 Å². The Balaban J connectivity index is 1.57. The van der Waals surface area contributed by atoms with Crippen LogP contribution in [0.5, 0.6) is 5.75 Å². The highest BCUT2D eigenvalue weighted by molar-refractivity contribution is 6.06. The minimum atomic E-state index is -0.683. The Morgan fingerprint density at radius 3 is 2.57 bits per heavy atom. The lowest BCUT2D eigenvalue weighted by Gasteiger charge is -2.28. The number of carbonyl (C=O) groups excluding carboxylic acids is 1. The molecular formula is C26H23N7O4. The molecular weight excluding hydrogens is 474 g/mol. The van der Waals surface area contributed by atoms with E-state index < -0.39 is 11.0 Å². The van der Waals surface area contributed by atoms with E-state index in [2.05, 4.69) is 20.6 Å². The van der Waals surface area contributed by atoms with E-state index in [1.807, 2.05) is 31.2 Å². The van der Waals surface area contributed by atoms with Crippen LogP contribution in [0.2, 0.25) is 0 Å². The van der Waals surface area contributed by atoms with Crippen LogP contribution < -0.4 is 15.4 Å². The van der Waals surface area contributed by atoms with Crippen molar-refractivity contribution < 1.29 is 14.5 Å². The fourth-order valence-electron chi connectivity index (χ4n) is 4.16. The van der Waals surface area contributed by atoms with Crippen molar-refractivity contribution in [2.75, 3.05) is 17.2 Å². The summed E-state index contributed by atoms with van der Waals surface area (Å²) >= 11 is 0. The standard InChI is InChI=1S/C26H23N7O4/c1-3-37-21-12-8-18(9-13-21)24-30-26-28-16(2)22(25(34)29-19-5-4-14-27-15-19)23(32(26)31-24)17-6-10-20(11-7-17)33(35)36/h4-15,23H,3H2,1-2H3,(H,29,34)(H,28,30,31). The lowest BCUT2D eigenvalue weighted by atomic mass is 9.95. The maximum Gasteiger partial charge on any atom is 0.269 e. The van der Waals surface area contributed by atoms with Gasteiger partial charge in [-0.15, -0.1) is 5.10 Å². The molecule has 1 amide bonds. The van der Waals surface area contributed by atoms with Crippen LogP contribution in [0, 0.1) is 10.1 Å². The Hall–Kier alpha value is -5.06. The van der Waals surface area contributed by atoms with E-state index in [1.165, 1.54) is 12.1 Å². The van der Waals surface area contributed by atoms with E-state index >= 15 is 0 Å². The monoisotopic (exact) mass is 497 g/mol. The van der Waals surface area contributed by atoms with Crippen LogP contribution in [0.15, 0.2) is 84.3 Å². The largest absolute Gasteiger partial charge is 0.494 e. The average molecular weight is 498 g/mol. The van der Waals surface area contributed by atoms with Crippen LogP contribution in [0.4, 0.5) is 17.3 Å². The van der Waals surface area contributed by atoms with E-state index in [0.717, 1.165) is 11.3 Å². The summed E-state index contributed by atoms with van der Waals surface area (Å²) in [6.45, 7) is 4.26. The number of rotatable bonds is 7. The first-order chi connectivity index (χ1) is 17.9. The van der Waals surface area contributed by atoms with Gasteiger partial charge in [0.15, 0.2) is 5.82 Å². The molecule has 1 aliphatic rings. The quantitative estimate of drug-likeness (QED) is 0.280. The van der Waals surface area contributed by atoms with Gasteiger partial charge in [0.05, 0.1) is 29.0 Å². The van der Waals surface area contributed by atoms with Crippen molar-refractivity contribution in [3.8, 4) is 17.1 Å². The molecule has 2 N–H and O–H groups in total. The third-order valence-electron chi connectivity index (χ3n) is 5.86. The third-order valence-corrected chi connectivity index (χ3v) is 5.86. The number of allylic oxidation sites excluding steroid dienone is 1. The minimum Gasteiger partial charge on any atom is -0.494 e. The second-order valence-corrected chi connectivity index (χ2v) is 8.27. The van der Waals surface area contributed by atoms with Crippen LogP contribution in [0.25, 0.3) is 11.4 Å². The molecule has 0 spiro atoms. The fourth-order valence-corrected chi connectivity index (χ4v) is 4.16. The summed E-state index contributed by atoms with van der Waals surface area (Å²) < 4.78 is 7.14. The first kappa shape index (κ1) is 23.7. The van der Waals surface area contributed by atoms with E-state index in [1.54, 1.807) is 48.3 Å². The van der Waals surface area contributed by atoms with Crippen molar-refractivity contribution in [2.24, 2.45) is 0 Å². The van der Waals surface area contributed by atoms with E-state index in [9.17, 15) is 14.9 Å². The summed E-state index contributed by atoms with van der Waals surface area (Å²) in [7, 11) is 0. The number of aromatic nitrogens is 4. The SMILES string of the molecule is CCOc1ccc(-c2nc3n(n2)C(c2ccc([N+](=O)[O-])cc2)C(C(=O)Nc2cccnc2)=C(C)N3)cc1. The van der Waals surface area contributed by atoms with E-state index in [0.29, 0.717) is 40.9 Å². The summed E-state index contributed by atoms with van der Waals surface area (Å²) in [5.74, 6) is 1.29. The van der Waals surface area contributed by atoms with E-state index in [4.69, 9.17) is 9.84 Å². The molecule has 186 valence electrons. The van der Waals surface area contributed by atoms with Gasteiger partial charge in [0.2, 0.25) is 5.95 Å². The highest BCUT2D eigenvalue weighted by Crippen LogP contribution is 2.37. The zero-order chi connectivity index (χ0) is 25.9. The zero-order valence-corrected chi connectivity index (χ0v) is 20.1. The van der Waals surface area contributed by atoms with Crippen molar-refractivity contribution in [2.45, 2.75) is 19.9 Å². The summed E-state index contributed by atoms with van der Waals surface area (Å²) in [6, 6.07) is 16.3. The molecule has 0 radical (unpaired) electrons.